The molecule has 0 amide bonds. The molecular formula is C15H18N2O2S. The second kappa shape index (κ2) is 6.63. The van der Waals surface area contributed by atoms with E-state index in [1.165, 1.54) is 22.5 Å². The lowest BCUT2D eigenvalue weighted by Crippen LogP contribution is -2.27. The highest BCUT2D eigenvalue weighted by Gasteiger charge is 2.10. The molecule has 1 heterocycles. The van der Waals surface area contributed by atoms with Crippen LogP contribution < -0.4 is 5.32 Å². The van der Waals surface area contributed by atoms with Gasteiger partial charge in [-0.05, 0) is 37.0 Å². The predicted molar refractivity (Wildman–Crippen MR) is 82.2 cm³/mol. The lowest BCUT2D eigenvalue weighted by atomic mass is 10.0. The van der Waals surface area contributed by atoms with Gasteiger partial charge in [-0.2, -0.15) is 0 Å². The van der Waals surface area contributed by atoms with Crippen molar-refractivity contribution in [3.8, 4) is 0 Å². The zero-order valence-corrected chi connectivity index (χ0v) is 12.4. The third-order valence-electron chi connectivity index (χ3n) is 3.26. The van der Waals surface area contributed by atoms with Gasteiger partial charge in [0, 0.05) is 24.0 Å². The average molecular weight is 290 g/mol. The smallest absolute Gasteiger partial charge is 0.310 e. The quantitative estimate of drug-likeness (QED) is 0.652. The summed E-state index contributed by atoms with van der Waals surface area (Å²) in [5, 5.41) is 16.1. The fraction of sp³-hybridized carbons (Fsp3) is 0.333. The fourth-order valence-electron chi connectivity index (χ4n) is 2.08. The molecule has 0 spiro atoms. The van der Waals surface area contributed by atoms with Crippen molar-refractivity contribution in [2.45, 2.75) is 32.9 Å². The highest BCUT2D eigenvalue weighted by molar-refractivity contribution is 7.13. The SMILES string of the molecule is Cc1ccccc1CC(C)NCc1csc([N+](=O)[O-])c1. The summed E-state index contributed by atoms with van der Waals surface area (Å²) in [6.07, 6.45) is 0.957. The van der Waals surface area contributed by atoms with Gasteiger partial charge in [0.1, 0.15) is 0 Å². The Bertz CT molecular complexity index is 595. The molecule has 0 fully saturated rings. The van der Waals surface area contributed by atoms with Gasteiger partial charge in [-0.3, -0.25) is 10.1 Å². The molecule has 0 saturated carbocycles. The Kier molecular flexibility index (Phi) is 4.87. The Morgan fingerprint density at radius 1 is 1.40 bits per heavy atom. The van der Waals surface area contributed by atoms with Crippen molar-refractivity contribution in [1.82, 2.24) is 5.32 Å². The van der Waals surface area contributed by atoms with E-state index in [9.17, 15) is 10.1 Å². The van der Waals surface area contributed by atoms with Crippen LogP contribution in [0.25, 0.3) is 0 Å². The van der Waals surface area contributed by atoms with Gasteiger partial charge in [0.15, 0.2) is 0 Å². The van der Waals surface area contributed by atoms with E-state index in [1.807, 2.05) is 11.4 Å². The van der Waals surface area contributed by atoms with E-state index < -0.39 is 0 Å². The van der Waals surface area contributed by atoms with Gasteiger partial charge in [-0.25, -0.2) is 0 Å². The van der Waals surface area contributed by atoms with Crippen LogP contribution in [0, 0.1) is 17.0 Å². The summed E-state index contributed by atoms with van der Waals surface area (Å²) in [5.41, 5.74) is 3.61. The van der Waals surface area contributed by atoms with Crippen LogP contribution in [0.2, 0.25) is 0 Å². The second-order valence-electron chi connectivity index (χ2n) is 4.96. The molecule has 0 saturated heterocycles. The molecule has 0 bridgehead atoms. The summed E-state index contributed by atoms with van der Waals surface area (Å²) >= 11 is 1.18. The Hall–Kier alpha value is -1.72. The minimum atomic E-state index is -0.342. The molecular weight excluding hydrogens is 272 g/mol. The minimum Gasteiger partial charge on any atom is -0.310 e. The number of hydrogen-bond donors (Lipinski definition) is 1. The Morgan fingerprint density at radius 3 is 2.80 bits per heavy atom. The third-order valence-corrected chi connectivity index (χ3v) is 4.19. The zero-order chi connectivity index (χ0) is 14.5. The van der Waals surface area contributed by atoms with Crippen LogP contribution in [-0.4, -0.2) is 11.0 Å². The topological polar surface area (TPSA) is 55.2 Å². The first-order valence-electron chi connectivity index (χ1n) is 6.56. The van der Waals surface area contributed by atoms with Crippen LogP contribution in [0.5, 0.6) is 0 Å². The van der Waals surface area contributed by atoms with Crippen molar-refractivity contribution in [2.24, 2.45) is 0 Å². The first-order valence-corrected chi connectivity index (χ1v) is 7.44. The number of benzene rings is 1. The molecule has 20 heavy (non-hydrogen) atoms. The molecule has 1 aromatic heterocycles. The first kappa shape index (κ1) is 14.7. The van der Waals surface area contributed by atoms with Gasteiger partial charge in [0.25, 0.3) is 0 Å². The summed E-state index contributed by atoms with van der Waals surface area (Å²) in [5.74, 6) is 0. The molecule has 2 aromatic rings. The van der Waals surface area contributed by atoms with Crippen molar-refractivity contribution in [2.75, 3.05) is 0 Å². The van der Waals surface area contributed by atoms with Crippen LogP contribution in [-0.2, 0) is 13.0 Å². The van der Waals surface area contributed by atoms with Crippen molar-refractivity contribution in [1.29, 1.82) is 0 Å². The number of hydrogen-bond acceptors (Lipinski definition) is 4. The maximum atomic E-state index is 10.6. The minimum absolute atomic E-state index is 0.202. The summed E-state index contributed by atoms with van der Waals surface area (Å²) < 4.78 is 0. The lowest BCUT2D eigenvalue weighted by Gasteiger charge is -2.14. The molecule has 2 rings (SSSR count). The van der Waals surface area contributed by atoms with E-state index in [2.05, 4.69) is 37.4 Å². The molecule has 0 radical (unpaired) electrons. The van der Waals surface area contributed by atoms with Crippen LogP contribution in [0.15, 0.2) is 35.7 Å². The van der Waals surface area contributed by atoms with Crippen LogP contribution in [0.3, 0.4) is 0 Å². The molecule has 1 atom stereocenters. The van der Waals surface area contributed by atoms with Crippen molar-refractivity contribution in [3.63, 3.8) is 0 Å². The van der Waals surface area contributed by atoms with Crippen molar-refractivity contribution >= 4 is 16.3 Å². The van der Waals surface area contributed by atoms with E-state index in [1.54, 1.807) is 6.07 Å². The summed E-state index contributed by atoms with van der Waals surface area (Å²) in [6.45, 7) is 4.91. The van der Waals surface area contributed by atoms with E-state index in [-0.39, 0.29) is 9.92 Å². The molecule has 5 heteroatoms. The van der Waals surface area contributed by atoms with Gasteiger partial charge in [0.2, 0.25) is 0 Å². The highest BCUT2D eigenvalue weighted by Crippen LogP contribution is 2.22. The lowest BCUT2D eigenvalue weighted by molar-refractivity contribution is -0.380. The molecule has 106 valence electrons. The van der Waals surface area contributed by atoms with Gasteiger partial charge < -0.3 is 5.32 Å². The summed E-state index contributed by atoms with van der Waals surface area (Å²) in [7, 11) is 0. The van der Waals surface area contributed by atoms with E-state index in [0.29, 0.717) is 12.6 Å². The fourth-order valence-corrected chi connectivity index (χ4v) is 2.81. The van der Waals surface area contributed by atoms with E-state index >= 15 is 0 Å². The van der Waals surface area contributed by atoms with Crippen LogP contribution >= 0.6 is 11.3 Å². The average Bonchev–Trinajstić information content (AvgIpc) is 2.88. The normalized spacial score (nSPS) is 12.3. The second-order valence-corrected chi connectivity index (χ2v) is 5.85. The largest absolute Gasteiger partial charge is 0.324 e. The molecule has 0 aliphatic rings. The number of aryl methyl sites for hydroxylation is 1. The maximum absolute atomic E-state index is 10.6. The standard InChI is InChI=1S/C15H18N2O2S/c1-11-5-3-4-6-14(11)7-12(2)16-9-13-8-15(17(18)19)20-10-13/h3-6,8,10,12,16H,7,9H2,1-2H3. The Labute approximate surface area is 122 Å². The highest BCUT2D eigenvalue weighted by atomic mass is 32.1. The number of nitrogens with zero attached hydrogens (tertiary/aromatic N) is 1. The van der Waals surface area contributed by atoms with Gasteiger partial charge in [-0.1, -0.05) is 35.6 Å². The van der Waals surface area contributed by atoms with Crippen LogP contribution in [0.1, 0.15) is 23.6 Å². The van der Waals surface area contributed by atoms with Gasteiger partial charge in [-0.15, -0.1) is 0 Å². The van der Waals surface area contributed by atoms with E-state index in [0.717, 1.165) is 12.0 Å². The van der Waals surface area contributed by atoms with Crippen molar-refractivity contribution in [3.05, 3.63) is 62.5 Å². The van der Waals surface area contributed by atoms with Crippen molar-refractivity contribution < 1.29 is 4.92 Å². The molecule has 1 aromatic carbocycles. The summed E-state index contributed by atoms with van der Waals surface area (Å²) in [6, 6.07) is 10.3. The summed E-state index contributed by atoms with van der Waals surface area (Å²) in [4.78, 5) is 10.3. The number of nitrogens with one attached hydrogen (secondary N) is 1. The monoisotopic (exact) mass is 290 g/mol. The number of rotatable bonds is 6. The molecule has 4 nitrogen and oxygen atoms in total. The predicted octanol–water partition coefficient (Wildman–Crippen LogP) is 3.69. The Morgan fingerprint density at radius 2 is 2.15 bits per heavy atom. The molecule has 0 aliphatic carbocycles. The molecule has 1 N–H and O–H groups in total. The molecule has 0 aliphatic heterocycles. The van der Waals surface area contributed by atoms with Gasteiger partial charge in [0.05, 0.1) is 4.92 Å². The number of thiophene rings is 1. The van der Waals surface area contributed by atoms with E-state index in [4.69, 9.17) is 0 Å². The van der Waals surface area contributed by atoms with Crippen LogP contribution in [0.4, 0.5) is 5.00 Å². The maximum Gasteiger partial charge on any atom is 0.324 e. The third kappa shape index (κ3) is 3.88. The number of nitro groups is 1. The Balaban J connectivity index is 1.87. The first-order chi connectivity index (χ1) is 9.56. The molecule has 1 unspecified atom stereocenters. The van der Waals surface area contributed by atoms with Gasteiger partial charge >= 0.3 is 5.00 Å². The zero-order valence-electron chi connectivity index (χ0n) is 11.6.